The van der Waals surface area contributed by atoms with Crippen molar-refractivity contribution in [3.05, 3.63) is 48.4 Å². The minimum absolute atomic E-state index is 0.199. The highest BCUT2D eigenvalue weighted by Crippen LogP contribution is 2.29. The fraction of sp³-hybridized carbons (Fsp3) is 0.333. The van der Waals surface area contributed by atoms with Gasteiger partial charge in [0.1, 0.15) is 12.1 Å². The number of aryl methyl sites for hydroxylation is 1. The molecule has 1 aliphatic heterocycles. The molecule has 28 heavy (non-hydrogen) atoms. The Morgan fingerprint density at radius 2 is 1.86 bits per heavy atom. The summed E-state index contributed by atoms with van der Waals surface area (Å²) in [6.45, 7) is 5.11. The van der Waals surface area contributed by atoms with Crippen molar-refractivity contribution >= 4 is 33.9 Å². The summed E-state index contributed by atoms with van der Waals surface area (Å²) in [4.78, 5) is 12.8. The second kappa shape index (κ2) is 6.87. The highest BCUT2D eigenvalue weighted by molar-refractivity contribution is 7.90. The Morgan fingerprint density at radius 3 is 2.50 bits per heavy atom. The smallest absolute Gasteiger partial charge is 0.376 e. The Bertz CT molecular complexity index is 1110. The molecule has 0 saturated carbocycles. The molecule has 0 aliphatic carbocycles. The minimum atomic E-state index is -3.75. The monoisotopic (exact) mass is 399 g/mol. The van der Waals surface area contributed by atoms with Gasteiger partial charge in [-0.05, 0) is 31.9 Å². The molecule has 1 saturated heterocycles. The second-order valence-corrected chi connectivity index (χ2v) is 9.03. The molecule has 1 N–H and O–H groups in total. The lowest BCUT2D eigenvalue weighted by atomic mass is 9.80. The number of rotatable bonds is 5. The average molecular weight is 399 g/mol. The topological polar surface area (TPSA) is 91.6 Å². The van der Waals surface area contributed by atoms with Crippen molar-refractivity contribution in [2.45, 2.75) is 24.7 Å². The summed E-state index contributed by atoms with van der Waals surface area (Å²) in [5, 5.41) is 10.3. The zero-order chi connectivity index (χ0) is 20.1. The minimum Gasteiger partial charge on any atom is -0.437 e. The van der Waals surface area contributed by atoms with Gasteiger partial charge in [0.05, 0.1) is 16.3 Å². The van der Waals surface area contributed by atoms with Gasteiger partial charge in [0, 0.05) is 26.3 Å². The third kappa shape index (κ3) is 3.07. The maximum Gasteiger partial charge on any atom is 0.376 e. The molecular formula is C18H22BN5O3S. The first kappa shape index (κ1) is 18.9. The molecule has 146 valence electrons. The zero-order valence-corrected chi connectivity index (χ0v) is 16.8. The summed E-state index contributed by atoms with van der Waals surface area (Å²) in [6.07, 6.45) is 2.91. The van der Waals surface area contributed by atoms with Crippen molar-refractivity contribution in [2.24, 2.45) is 0 Å². The first-order valence-electron chi connectivity index (χ1n) is 9.08. The van der Waals surface area contributed by atoms with Crippen molar-refractivity contribution in [1.29, 1.82) is 0 Å². The molecule has 4 rings (SSSR count). The molecule has 0 amide bonds. The van der Waals surface area contributed by atoms with Crippen LogP contribution in [0.3, 0.4) is 0 Å². The van der Waals surface area contributed by atoms with Crippen LogP contribution in [0.2, 0.25) is 6.82 Å². The maximum atomic E-state index is 13.1. The van der Waals surface area contributed by atoms with E-state index in [1.165, 1.54) is 16.5 Å². The first-order valence-corrected chi connectivity index (χ1v) is 10.5. The fourth-order valence-electron chi connectivity index (χ4n) is 3.42. The molecule has 0 radical (unpaired) electrons. The largest absolute Gasteiger partial charge is 0.437 e. The number of anilines is 1. The lowest BCUT2D eigenvalue weighted by Gasteiger charge is -2.45. The van der Waals surface area contributed by atoms with Gasteiger partial charge in [0.15, 0.2) is 5.65 Å². The second-order valence-electron chi connectivity index (χ2n) is 7.21. The molecule has 1 fully saturated rings. The highest BCUT2D eigenvalue weighted by Gasteiger charge is 2.35. The molecule has 0 spiro atoms. The van der Waals surface area contributed by atoms with E-state index in [4.69, 9.17) is 0 Å². The molecule has 8 nitrogen and oxygen atoms in total. The van der Waals surface area contributed by atoms with E-state index in [9.17, 15) is 13.4 Å². The van der Waals surface area contributed by atoms with E-state index < -0.39 is 17.1 Å². The third-order valence-electron chi connectivity index (χ3n) is 5.31. The Hall–Kier alpha value is -2.43. The van der Waals surface area contributed by atoms with Gasteiger partial charge < -0.3 is 14.7 Å². The molecule has 3 heterocycles. The number of aromatic nitrogens is 3. The Kier molecular flexibility index (Phi) is 4.64. The van der Waals surface area contributed by atoms with Crippen LogP contribution >= 0.6 is 0 Å². The fourth-order valence-corrected chi connectivity index (χ4v) is 4.73. The van der Waals surface area contributed by atoms with Crippen molar-refractivity contribution < 1.29 is 13.4 Å². The summed E-state index contributed by atoms with van der Waals surface area (Å²) < 4.78 is 27.4. The van der Waals surface area contributed by atoms with Gasteiger partial charge in [-0.25, -0.2) is 22.4 Å². The van der Waals surface area contributed by atoms with E-state index >= 15 is 0 Å². The number of likely N-dealkylation sites (N-methyl/N-ethyl adjacent to an activating group) is 1. The predicted octanol–water partition coefficient (Wildman–Crippen LogP) is 1.21. The van der Waals surface area contributed by atoms with Crippen LogP contribution in [-0.4, -0.2) is 65.4 Å². The summed E-state index contributed by atoms with van der Waals surface area (Å²) in [7, 11) is -2.29. The summed E-state index contributed by atoms with van der Waals surface area (Å²) in [6, 6.07) is 8.68. The van der Waals surface area contributed by atoms with Crippen LogP contribution in [0, 0.1) is 6.92 Å². The number of hydrogen-bond donors (Lipinski definition) is 1. The van der Waals surface area contributed by atoms with Crippen LogP contribution in [0.4, 0.5) is 5.82 Å². The molecule has 1 aromatic carbocycles. The molecule has 0 bridgehead atoms. The van der Waals surface area contributed by atoms with Gasteiger partial charge in [-0.3, -0.25) is 0 Å². The van der Waals surface area contributed by atoms with E-state index in [1.54, 1.807) is 37.2 Å². The van der Waals surface area contributed by atoms with E-state index in [2.05, 4.69) is 9.97 Å². The normalized spacial score (nSPS) is 15.6. The standard InChI is InChI=1S/C18H22BN5O3S/c1-13-4-6-15(7-5-13)28(26,27)24-9-8-16-17(20-12-21-18(16)24)22(3)14-10-23(11-14)19(2)25/h4-9,12,14,25H,10-11H2,1-3H3. The molecular weight excluding hydrogens is 377 g/mol. The van der Waals surface area contributed by atoms with Gasteiger partial charge >= 0.3 is 7.05 Å². The van der Waals surface area contributed by atoms with Gasteiger partial charge in [0.2, 0.25) is 0 Å². The van der Waals surface area contributed by atoms with Gasteiger partial charge in [0.25, 0.3) is 10.0 Å². The third-order valence-corrected chi connectivity index (χ3v) is 6.99. The highest BCUT2D eigenvalue weighted by atomic mass is 32.2. The maximum absolute atomic E-state index is 13.1. The van der Waals surface area contributed by atoms with Crippen LogP contribution < -0.4 is 4.90 Å². The van der Waals surface area contributed by atoms with Crippen LogP contribution in [0.1, 0.15) is 5.56 Å². The number of hydrogen-bond acceptors (Lipinski definition) is 7. The lowest BCUT2D eigenvalue weighted by molar-refractivity contribution is 0.228. The number of nitrogens with zero attached hydrogens (tertiary/aromatic N) is 5. The zero-order valence-electron chi connectivity index (χ0n) is 16.0. The summed E-state index contributed by atoms with van der Waals surface area (Å²) >= 11 is 0. The Labute approximate surface area is 164 Å². The number of fused-ring (bicyclic) bond motifs is 1. The lowest BCUT2D eigenvalue weighted by Crippen LogP contribution is -2.62. The van der Waals surface area contributed by atoms with Crippen molar-refractivity contribution in [3.8, 4) is 0 Å². The van der Waals surface area contributed by atoms with E-state index in [-0.39, 0.29) is 10.9 Å². The van der Waals surface area contributed by atoms with E-state index in [0.29, 0.717) is 16.9 Å². The van der Waals surface area contributed by atoms with Crippen LogP contribution in [-0.2, 0) is 10.0 Å². The SMILES string of the molecule is CB(O)N1CC(N(C)c2ncnc3c2ccn3S(=O)(=O)c2ccc(C)cc2)C1. The van der Waals surface area contributed by atoms with Crippen molar-refractivity contribution in [1.82, 2.24) is 18.8 Å². The summed E-state index contributed by atoms with van der Waals surface area (Å²) in [5.74, 6) is 0.679. The first-order chi connectivity index (χ1) is 13.3. The molecule has 0 atom stereocenters. The van der Waals surface area contributed by atoms with Gasteiger partial charge in [-0.15, -0.1) is 0 Å². The average Bonchev–Trinajstić information content (AvgIpc) is 3.05. The summed E-state index contributed by atoms with van der Waals surface area (Å²) in [5.41, 5.74) is 1.35. The van der Waals surface area contributed by atoms with Gasteiger partial charge in [-0.1, -0.05) is 17.7 Å². The molecule has 3 aromatic rings. The Morgan fingerprint density at radius 1 is 1.18 bits per heavy atom. The molecule has 2 aromatic heterocycles. The van der Waals surface area contributed by atoms with Crippen molar-refractivity contribution in [2.75, 3.05) is 25.0 Å². The molecule has 0 unspecified atom stereocenters. The van der Waals surface area contributed by atoms with Crippen LogP contribution in [0.15, 0.2) is 47.8 Å². The van der Waals surface area contributed by atoms with Crippen LogP contribution in [0.25, 0.3) is 11.0 Å². The van der Waals surface area contributed by atoms with Crippen molar-refractivity contribution in [3.63, 3.8) is 0 Å². The van der Waals surface area contributed by atoms with E-state index in [1.807, 2.05) is 23.7 Å². The molecule has 10 heteroatoms. The number of benzene rings is 1. The van der Waals surface area contributed by atoms with Gasteiger partial charge in [-0.2, -0.15) is 0 Å². The Balaban J connectivity index is 1.70. The predicted molar refractivity (Wildman–Crippen MR) is 109 cm³/mol. The quantitative estimate of drug-likeness (QED) is 0.645. The van der Waals surface area contributed by atoms with E-state index in [0.717, 1.165) is 18.7 Å². The molecule has 1 aliphatic rings. The van der Waals surface area contributed by atoms with Crippen LogP contribution in [0.5, 0.6) is 0 Å².